The second kappa shape index (κ2) is 12.9. The first kappa shape index (κ1) is 18.2. The number of unbranched alkanes of at least 4 members (excludes halogenated alkanes) is 5. The molecule has 1 aliphatic rings. The van der Waals surface area contributed by atoms with Gasteiger partial charge in [-0.25, -0.2) is 0 Å². The van der Waals surface area contributed by atoms with Gasteiger partial charge in [0.25, 0.3) is 0 Å². The molecular weight excluding hydrogens is 268 g/mol. The van der Waals surface area contributed by atoms with E-state index >= 15 is 0 Å². The van der Waals surface area contributed by atoms with E-state index < -0.39 is 0 Å². The van der Waals surface area contributed by atoms with E-state index in [-0.39, 0.29) is 0 Å². The molecule has 0 aromatic rings. The summed E-state index contributed by atoms with van der Waals surface area (Å²) in [5, 5.41) is 0. The molecule has 2 nitrogen and oxygen atoms in total. The fraction of sp³-hybridized carbons (Fsp3) is 0.450. The number of allylic oxidation sites excluding steroid dienone is 7. The summed E-state index contributed by atoms with van der Waals surface area (Å²) in [4.78, 5) is 6.32. The van der Waals surface area contributed by atoms with Crippen molar-refractivity contribution in [1.29, 1.82) is 0 Å². The Labute approximate surface area is 136 Å². The first-order valence-corrected chi connectivity index (χ1v) is 8.37. The Kier molecular flexibility index (Phi) is 10.7. The van der Waals surface area contributed by atoms with Crippen LogP contribution in [0, 0.1) is 0 Å². The Morgan fingerprint density at radius 2 is 1.86 bits per heavy atom. The maximum atomic E-state index is 4.04. The zero-order chi connectivity index (χ0) is 15.9. The molecule has 0 aliphatic carbocycles. The van der Waals surface area contributed by atoms with Gasteiger partial charge in [0, 0.05) is 19.8 Å². The molecule has 0 N–H and O–H groups in total. The summed E-state index contributed by atoms with van der Waals surface area (Å²) in [6.45, 7) is 4.87. The van der Waals surface area contributed by atoms with Crippen LogP contribution in [0.1, 0.15) is 44.9 Å². The van der Waals surface area contributed by atoms with Gasteiger partial charge in [-0.3, -0.25) is 4.99 Å². The highest BCUT2D eigenvalue weighted by atomic mass is 15.1. The lowest BCUT2D eigenvalue weighted by molar-refractivity contribution is 0.461. The highest BCUT2D eigenvalue weighted by molar-refractivity contribution is 5.82. The Morgan fingerprint density at radius 1 is 1.14 bits per heavy atom. The summed E-state index contributed by atoms with van der Waals surface area (Å²) in [7, 11) is 1.79. The minimum Gasteiger partial charge on any atom is -0.355 e. The predicted octanol–water partition coefficient (Wildman–Crippen LogP) is 5.43. The quantitative estimate of drug-likeness (QED) is 0.282. The van der Waals surface area contributed by atoms with Crippen LogP contribution in [0.5, 0.6) is 0 Å². The van der Waals surface area contributed by atoms with Gasteiger partial charge in [-0.2, -0.15) is 0 Å². The van der Waals surface area contributed by atoms with Crippen LogP contribution in [0.15, 0.2) is 66.0 Å². The van der Waals surface area contributed by atoms with Crippen molar-refractivity contribution in [3.05, 3.63) is 61.0 Å². The molecule has 1 aliphatic heterocycles. The third-order valence-electron chi connectivity index (χ3n) is 3.55. The van der Waals surface area contributed by atoms with E-state index in [1.165, 1.54) is 32.1 Å². The van der Waals surface area contributed by atoms with E-state index in [0.29, 0.717) is 0 Å². The molecule has 0 spiro atoms. The van der Waals surface area contributed by atoms with Crippen LogP contribution in [-0.4, -0.2) is 24.7 Å². The zero-order valence-electron chi connectivity index (χ0n) is 14.0. The van der Waals surface area contributed by atoms with E-state index in [2.05, 4.69) is 53.2 Å². The molecule has 0 unspecified atom stereocenters. The Morgan fingerprint density at radius 3 is 2.59 bits per heavy atom. The molecule has 0 radical (unpaired) electrons. The lowest BCUT2D eigenvalue weighted by atomic mass is 10.1. The lowest BCUT2D eigenvalue weighted by Gasteiger charge is -2.17. The van der Waals surface area contributed by atoms with Crippen LogP contribution in [0.25, 0.3) is 0 Å². The van der Waals surface area contributed by atoms with Crippen LogP contribution in [0.2, 0.25) is 0 Å². The second-order valence-corrected chi connectivity index (χ2v) is 5.49. The molecule has 120 valence electrons. The summed E-state index contributed by atoms with van der Waals surface area (Å²) in [5.41, 5.74) is 1.11. The smallest absolute Gasteiger partial charge is 0.0281 e. The molecule has 22 heavy (non-hydrogen) atoms. The first-order valence-electron chi connectivity index (χ1n) is 8.37. The van der Waals surface area contributed by atoms with Crippen LogP contribution in [-0.2, 0) is 0 Å². The van der Waals surface area contributed by atoms with Crippen molar-refractivity contribution in [2.45, 2.75) is 44.9 Å². The molecule has 1 heterocycles. The van der Waals surface area contributed by atoms with Gasteiger partial charge < -0.3 is 4.90 Å². The summed E-state index contributed by atoms with van der Waals surface area (Å²) in [5.74, 6) is 0. The van der Waals surface area contributed by atoms with Crippen molar-refractivity contribution in [2.24, 2.45) is 4.99 Å². The standard InChI is InChI=1S/C20H30N2/c1-3-14-20(19-21-2)15-10-7-5-4-6-8-11-16-22-17-12-9-13-18-22/h3,10,12-15,17-19H,1,4-9,11,16H2,2H3/b15-10-,20-14+,21-19?. The first-order chi connectivity index (χ1) is 10.9. The minimum atomic E-state index is 1.08. The highest BCUT2D eigenvalue weighted by Gasteiger charge is 1.97. The largest absolute Gasteiger partial charge is 0.355 e. The molecule has 0 saturated carbocycles. The molecule has 0 saturated heterocycles. The van der Waals surface area contributed by atoms with E-state index in [4.69, 9.17) is 0 Å². The van der Waals surface area contributed by atoms with E-state index in [1.54, 1.807) is 13.1 Å². The molecule has 0 amide bonds. The summed E-state index contributed by atoms with van der Waals surface area (Å²) in [6.07, 6.45) is 27.6. The van der Waals surface area contributed by atoms with Gasteiger partial charge >= 0.3 is 0 Å². The molecule has 0 atom stereocenters. The van der Waals surface area contributed by atoms with Crippen molar-refractivity contribution < 1.29 is 0 Å². The SMILES string of the molecule is C=C/C=C(C=NC)\C=C/CCCCCCCN1C=CCC=C1. The van der Waals surface area contributed by atoms with Gasteiger partial charge in [0.05, 0.1) is 0 Å². The number of rotatable bonds is 11. The van der Waals surface area contributed by atoms with Crippen molar-refractivity contribution in [1.82, 2.24) is 4.90 Å². The number of aliphatic imine (C=N–C) groups is 1. The lowest BCUT2D eigenvalue weighted by Crippen LogP contribution is -2.12. The number of hydrogen-bond donors (Lipinski definition) is 0. The molecule has 1 rings (SSSR count). The van der Waals surface area contributed by atoms with Gasteiger partial charge in [-0.05, 0) is 43.7 Å². The van der Waals surface area contributed by atoms with Gasteiger partial charge in [0.2, 0.25) is 0 Å². The Bertz CT molecular complexity index is 427. The van der Waals surface area contributed by atoms with E-state index in [9.17, 15) is 0 Å². The fourth-order valence-corrected chi connectivity index (χ4v) is 2.40. The monoisotopic (exact) mass is 298 g/mol. The second-order valence-electron chi connectivity index (χ2n) is 5.49. The molecule has 0 fully saturated rings. The molecule has 0 aromatic carbocycles. The van der Waals surface area contributed by atoms with Gasteiger partial charge in [-0.1, -0.05) is 62.3 Å². The van der Waals surface area contributed by atoms with Crippen LogP contribution in [0.4, 0.5) is 0 Å². The molecule has 0 aromatic heterocycles. The topological polar surface area (TPSA) is 15.6 Å². The van der Waals surface area contributed by atoms with Crippen LogP contribution < -0.4 is 0 Å². The number of hydrogen-bond acceptors (Lipinski definition) is 2. The maximum absolute atomic E-state index is 4.04. The van der Waals surface area contributed by atoms with Gasteiger partial charge in [-0.15, -0.1) is 0 Å². The Hall–Kier alpha value is -1.83. The maximum Gasteiger partial charge on any atom is 0.0281 e. The van der Waals surface area contributed by atoms with Gasteiger partial charge in [0.15, 0.2) is 0 Å². The summed E-state index contributed by atoms with van der Waals surface area (Å²) < 4.78 is 0. The molecule has 2 heteroatoms. The predicted molar refractivity (Wildman–Crippen MR) is 99.1 cm³/mol. The van der Waals surface area contributed by atoms with E-state index in [0.717, 1.165) is 25.0 Å². The highest BCUT2D eigenvalue weighted by Crippen LogP contribution is 2.09. The average molecular weight is 298 g/mol. The zero-order valence-corrected chi connectivity index (χ0v) is 14.0. The van der Waals surface area contributed by atoms with Crippen molar-refractivity contribution in [3.8, 4) is 0 Å². The fourth-order valence-electron chi connectivity index (χ4n) is 2.40. The average Bonchev–Trinajstić information content (AvgIpc) is 2.54. The van der Waals surface area contributed by atoms with Crippen molar-refractivity contribution in [3.63, 3.8) is 0 Å². The van der Waals surface area contributed by atoms with Crippen molar-refractivity contribution in [2.75, 3.05) is 13.6 Å². The van der Waals surface area contributed by atoms with E-state index in [1.807, 2.05) is 12.3 Å². The van der Waals surface area contributed by atoms with Crippen LogP contribution >= 0.6 is 0 Å². The molecular formula is C20H30N2. The van der Waals surface area contributed by atoms with Crippen molar-refractivity contribution >= 4 is 6.21 Å². The summed E-state index contributed by atoms with van der Waals surface area (Å²) >= 11 is 0. The van der Waals surface area contributed by atoms with Gasteiger partial charge in [0.1, 0.15) is 0 Å². The third-order valence-corrected chi connectivity index (χ3v) is 3.55. The minimum absolute atomic E-state index is 1.08. The number of nitrogens with zero attached hydrogens (tertiary/aromatic N) is 2. The normalized spacial score (nSPS) is 15.3. The van der Waals surface area contributed by atoms with Crippen LogP contribution in [0.3, 0.4) is 0 Å². The third kappa shape index (κ3) is 9.17. The molecule has 0 bridgehead atoms. The summed E-state index contributed by atoms with van der Waals surface area (Å²) in [6, 6.07) is 0. The Balaban J connectivity index is 2.00.